The van der Waals surface area contributed by atoms with E-state index in [1.54, 1.807) is 0 Å². The molecule has 0 bridgehead atoms. The number of likely N-dealkylation sites (tertiary alicyclic amines) is 1. The van der Waals surface area contributed by atoms with Crippen LogP contribution >= 0.6 is 0 Å². The first kappa shape index (κ1) is 11.5. The number of rotatable bonds is 3. The van der Waals surface area contributed by atoms with Crippen molar-refractivity contribution in [3.8, 4) is 0 Å². The highest BCUT2D eigenvalue weighted by Gasteiger charge is 2.27. The molecule has 1 amide bonds. The van der Waals surface area contributed by atoms with Gasteiger partial charge in [0.05, 0.1) is 12.6 Å². The predicted molar refractivity (Wildman–Crippen MR) is 54.3 cm³/mol. The van der Waals surface area contributed by atoms with E-state index in [-0.39, 0.29) is 17.9 Å². The van der Waals surface area contributed by atoms with Crippen LogP contribution < -0.4 is 5.90 Å². The molecule has 1 atom stereocenters. The molecule has 1 fully saturated rings. The lowest BCUT2D eigenvalue weighted by atomic mass is 10.0. The van der Waals surface area contributed by atoms with Gasteiger partial charge in [-0.1, -0.05) is 13.8 Å². The fourth-order valence-corrected chi connectivity index (χ4v) is 1.91. The molecule has 0 radical (unpaired) electrons. The number of hydrogen-bond donors (Lipinski definition) is 1. The van der Waals surface area contributed by atoms with Crippen LogP contribution in [0.2, 0.25) is 0 Å². The van der Waals surface area contributed by atoms with E-state index in [4.69, 9.17) is 5.90 Å². The van der Waals surface area contributed by atoms with Gasteiger partial charge in [0.1, 0.15) is 0 Å². The molecule has 1 heterocycles. The van der Waals surface area contributed by atoms with Crippen molar-refractivity contribution in [2.45, 2.75) is 39.2 Å². The summed E-state index contributed by atoms with van der Waals surface area (Å²) in [6.45, 7) is 5.16. The van der Waals surface area contributed by atoms with E-state index >= 15 is 0 Å². The third-order valence-electron chi connectivity index (χ3n) is 2.69. The highest BCUT2D eigenvalue weighted by atomic mass is 16.6. The number of piperidine rings is 1. The molecule has 0 aromatic carbocycles. The van der Waals surface area contributed by atoms with Crippen LogP contribution in [0.3, 0.4) is 0 Å². The Kier molecular flexibility index (Phi) is 4.35. The minimum absolute atomic E-state index is 0.0633. The molecular formula is C10H20N2O2. The van der Waals surface area contributed by atoms with Gasteiger partial charge in [-0.3, -0.25) is 4.79 Å². The molecule has 1 unspecified atom stereocenters. The summed E-state index contributed by atoms with van der Waals surface area (Å²) in [5, 5.41) is 0. The van der Waals surface area contributed by atoms with Crippen LogP contribution in [0.4, 0.5) is 0 Å². The Bertz CT molecular complexity index is 193. The molecule has 0 aromatic heterocycles. The summed E-state index contributed by atoms with van der Waals surface area (Å²) in [7, 11) is 0. The van der Waals surface area contributed by atoms with Gasteiger partial charge in [-0.05, 0) is 19.3 Å². The van der Waals surface area contributed by atoms with E-state index in [2.05, 4.69) is 4.84 Å². The number of carbonyl (C=O) groups is 1. The number of hydrogen-bond acceptors (Lipinski definition) is 3. The maximum atomic E-state index is 11.8. The fourth-order valence-electron chi connectivity index (χ4n) is 1.91. The summed E-state index contributed by atoms with van der Waals surface area (Å²) in [6, 6.07) is 0.184. The van der Waals surface area contributed by atoms with Crippen molar-refractivity contribution >= 4 is 5.91 Å². The highest BCUT2D eigenvalue weighted by Crippen LogP contribution is 2.19. The largest absolute Gasteiger partial charge is 0.337 e. The number of nitrogens with two attached hydrogens (primary N) is 1. The number of nitrogens with zero attached hydrogens (tertiary/aromatic N) is 1. The predicted octanol–water partition coefficient (Wildman–Crippen LogP) is 0.914. The summed E-state index contributed by atoms with van der Waals surface area (Å²) in [4.78, 5) is 18.4. The van der Waals surface area contributed by atoms with Crippen molar-refractivity contribution in [3.63, 3.8) is 0 Å². The molecule has 0 saturated carbocycles. The second kappa shape index (κ2) is 5.32. The van der Waals surface area contributed by atoms with Crippen LogP contribution in [-0.4, -0.2) is 30.0 Å². The summed E-state index contributed by atoms with van der Waals surface area (Å²) < 4.78 is 0. The molecule has 0 spiro atoms. The van der Waals surface area contributed by atoms with E-state index in [9.17, 15) is 4.79 Å². The highest BCUT2D eigenvalue weighted by molar-refractivity contribution is 5.78. The molecule has 1 aliphatic rings. The van der Waals surface area contributed by atoms with Crippen LogP contribution in [-0.2, 0) is 9.63 Å². The molecule has 4 heteroatoms. The molecular weight excluding hydrogens is 180 g/mol. The lowest BCUT2D eigenvalue weighted by Gasteiger charge is -2.36. The van der Waals surface area contributed by atoms with Crippen molar-refractivity contribution < 1.29 is 9.63 Å². The average Bonchev–Trinajstić information content (AvgIpc) is 2.18. The third kappa shape index (κ3) is 2.69. The maximum Gasteiger partial charge on any atom is 0.225 e. The lowest BCUT2D eigenvalue weighted by molar-refractivity contribution is -0.139. The van der Waals surface area contributed by atoms with E-state index in [1.807, 2.05) is 18.7 Å². The molecule has 14 heavy (non-hydrogen) atoms. The van der Waals surface area contributed by atoms with Gasteiger partial charge in [-0.25, -0.2) is 5.90 Å². The van der Waals surface area contributed by atoms with Gasteiger partial charge in [0.2, 0.25) is 5.91 Å². The van der Waals surface area contributed by atoms with Gasteiger partial charge in [-0.2, -0.15) is 0 Å². The van der Waals surface area contributed by atoms with Gasteiger partial charge < -0.3 is 9.74 Å². The maximum absolute atomic E-state index is 11.8. The molecule has 82 valence electrons. The third-order valence-corrected chi connectivity index (χ3v) is 2.69. The van der Waals surface area contributed by atoms with Crippen molar-refractivity contribution in [2.75, 3.05) is 13.2 Å². The second-order valence-corrected chi connectivity index (χ2v) is 4.17. The zero-order valence-electron chi connectivity index (χ0n) is 9.03. The summed E-state index contributed by atoms with van der Waals surface area (Å²) in [6.07, 6.45) is 3.27. The quantitative estimate of drug-likeness (QED) is 0.689. The van der Waals surface area contributed by atoms with Gasteiger partial charge >= 0.3 is 0 Å². The monoisotopic (exact) mass is 200 g/mol. The first-order chi connectivity index (χ1) is 6.66. The fraction of sp³-hybridized carbons (Fsp3) is 0.900. The molecule has 1 rings (SSSR count). The minimum Gasteiger partial charge on any atom is -0.337 e. The van der Waals surface area contributed by atoms with E-state index in [0.717, 1.165) is 25.8 Å². The second-order valence-electron chi connectivity index (χ2n) is 4.17. The SMILES string of the molecule is CC(C)C(=O)N1CCCCC1CON. The smallest absolute Gasteiger partial charge is 0.225 e. The minimum atomic E-state index is 0.0633. The van der Waals surface area contributed by atoms with Crippen LogP contribution in [0.1, 0.15) is 33.1 Å². The number of carbonyl (C=O) groups excluding carboxylic acids is 1. The van der Waals surface area contributed by atoms with Crippen molar-refractivity contribution in [1.29, 1.82) is 0 Å². The van der Waals surface area contributed by atoms with Gasteiger partial charge in [0.25, 0.3) is 0 Å². The van der Waals surface area contributed by atoms with Crippen LogP contribution in [0.15, 0.2) is 0 Å². The zero-order chi connectivity index (χ0) is 10.6. The molecule has 1 saturated heterocycles. The Hall–Kier alpha value is -0.610. The number of amides is 1. The van der Waals surface area contributed by atoms with Crippen molar-refractivity contribution in [2.24, 2.45) is 11.8 Å². The van der Waals surface area contributed by atoms with Crippen molar-refractivity contribution in [1.82, 2.24) is 4.90 Å². The van der Waals surface area contributed by atoms with Crippen LogP contribution in [0.25, 0.3) is 0 Å². The molecule has 4 nitrogen and oxygen atoms in total. The normalized spacial score (nSPS) is 22.9. The van der Waals surface area contributed by atoms with Gasteiger partial charge in [0, 0.05) is 12.5 Å². The van der Waals surface area contributed by atoms with E-state index in [0.29, 0.717) is 6.61 Å². The molecule has 1 aliphatic heterocycles. The summed E-state index contributed by atoms with van der Waals surface area (Å²) in [5.41, 5.74) is 0. The molecule has 2 N–H and O–H groups in total. The van der Waals surface area contributed by atoms with E-state index < -0.39 is 0 Å². The first-order valence-electron chi connectivity index (χ1n) is 5.29. The Labute approximate surface area is 85.3 Å². The van der Waals surface area contributed by atoms with Crippen LogP contribution in [0.5, 0.6) is 0 Å². The summed E-state index contributed by atoms with van der Waals surface area (Å²) >= 11 is 0. The average molecular weight is 200 g/mol. The van der Waals surface area contributed by atoms with Crippen LogP contribution in [0, 0.1) is 5.92 Å². The van der Waals surface area contributed by atoms with Gasteiger partial charge in [-0.15, -0.1) is 0 Å². The Balaban J connectivity index is 2.57. The van der Waals surface area contributed by atoms with Crippen molar-refractivity contribution in [3.05, 3.63) is 0 Å². The Morgan fingerprint density at radius 1 is 1.57 bits per heavy atom. The lowest BCUT2D eigenvalue weighted by Crippen LogP contribution is -2.48. The topological polar surface area (TPSA) is 55.6 Å². The molecule has 0 aromatic rings. The first-order valence-corrected chi connectivity index (χ1v) is 5.29. The standard InChI is InChI=1S/C10H20N2O2/c1-8(2)10(13)12-6-4-3-5-9(12)7-14-11/h8-9H,3-7,11H2,1-2H3. The van der Waals surface area contributed by atoms with E-state index in [1.165, 1.54) is 0 Å². The Morgan fingerprint density at radius 3 is 2.86 bits per heavy atom. The summed E-state index contributed by atoms with van der Waals surface area (Å²) in [5.74, 6) is 5.34. The molecule has 0 aliphatic carbocycles. The zero-order valence-corrected chi connectivity index (χ0v) is 9.03. The van der Waals surface area contributed by atoms with Gasteiger partial charge in [0.15, 0.2) is 0 Å². The Morgan fingerprint density at radius 2 is 2.29 bits per heavy atom.